The zero-order valence-corrected chi connectivity index (χ0v) is 34.6. The van der Waals surface area contributed by atoms with Crippen LogP contribution in [0.15, 0.2) is 44.3 Å². The number of rotatable bonds is 16. The second-order valence-corrected chi connectivity index (χ2v) is 14.1. The summed E-state index contributed by atoms with van der Waals surface area (Å²) in [4.78, 5) is 16.1. The molecule has 19 nitrogen and oxygen atoms in total. The maximum atomic E-state index is 13.0. The first-order chi connectivity index (χ1) is 23.1. The molecule has 0 unspecified atom stereocenters. The minimum Gasteiger partial charge on any atom is -0.691 e. The molecule has 6 rings (SSSR count). The number of hydrogen-bond acceptors (Lipinski definition) is 20. The zero-order valence-electron chi connectivity index (χ0n) is 27.4. The van der Waals surface area contributed by atoms with Crippen LogP contribution >= 0.6 is 36.0 Å². The van der Waals surface area contributed by atoms with Gasteiger partial charge in [0.15, 0.2) is 22.2 Å². The molecule has 0 amide bonds. The van der Waals surface area contributed by atoms with E-state index in [-0.39, 0.29) is 122 Å². The Hall–Kier alpha value is -0.970. The number of benzene rings is 2. The topological polar surface area (TPSA) is 240 Å². The van der Waals surface area contributed by atoms with Crippen LogP contribution in [0.2, 0.25) is 5.28 Å². The van der Waals surface area contributed by atoms with E-state index in [2.05, 4.69) is 49.2 Å². The molecular weight excluding hydrogens is 764 g/mol. The molecule has 260 valence electrons. The van der Waals surface area contributed by atoms with E-state index >= 15 is 0 Å². The van der Waals surface area contributed by atoms with Gasteiger partial charge >= 0.3 is 65.1 Å². The van der Waals surface area contributed by atoms with Gasteiger partial charge in [-0.1, -0.05) is 0 Å². The van der Waals surface area contributed by atoms with Crippen LogP contribution in [-0.2, 0) is 32.8 Å². The van der Waals surface area contributed by atoms with Crippen molar-refractivity contribution in [1.82, 2.24) is 24.3 Å². The van der Waals surface area contributed by atoms with Crippen molar-refractivity contribution in [2.75, 3.05) is 69.8 Å². The van der Waals surface area contributed by atoms with Crippen molar-refractivity contribution in [2.24, 2.45) is 10.2 Å². The van der Waals surface area contributed by atoms with Crippen LogP contribution in [0, 0.1) is 6.92 Å². The van der Waals surface area contributed by atoms with E-state index in [1.807, 2.05) is 0 Å². The largest absolute Gasteiger partial charge is 1.00 e. The minimum atomic E-state index is -3.85. The van der Waals surface area contributed by atoms with Crippen LogP contribution in [0.5, 0.6) is 5.75 Å². The van der Waals surface area contributed by atoms with E-state index < -0.39 is 15.6 Å². The fourth-order valence-electron chi connectivity index (χ4n) is 5.25. The predicted molar refractivity (Wildman–Crippen MR) is 170 cm³/mol. The summed E-state index contributed by atoms with van der Waals surface area (Å²) in [5.74, 6) is 0.378. The zero-order chi connectivity index (χ0) is 34.3. The van der Waals surface area contributed by atoms with E-state index in [0.717, 1.165) is 39.3 Å². The number of aryl methyl sites for hydroxylation is 1. The molecular formula is C25H29ClN9Na2O10S3+. The normalized spacial score (nSPS) is 18.5. The molecule has 1 aromatic heterocycles. The Balaban J connectivity index is 0.00000338. The summed E-state index contributed by atoms with van der Waals surface area (Å²) in [6, 6.07) is 5.80. The Labute approximate surface area is 345 Å². The second-order valence-electron chi connectivity index (χ2n) is 10.5. The summed E-state index contributed by atoms with van der Waals surface area (Å²) in [6.07, 6.45) is 0. The first kappa shape index (κ1) is 43.4. The van der Waals surface area contributed by atoms with E-state index in [0.29, 0.717) is 33.7 Å². The van der Waals surface area contributed by atoms with E-state index in [1.54, 1.807) is 6.92 Å². The number of nitrogens with two attached hydrogens (primary N) is 1. The molecule has 2 aromatic carbocycles. The summed E-state index contributed by atoms with van der Waals surface area (Å²) >= 11 is 7.14. The predicted octanol–water partition coefficient (Wildman–Crippen LogP) is -3.96. The number of halogens is 1. The minimum absolute atomic E-state index is 0. The van der Waals surface area contributed by atoms with Gasteiger partial charge in [-0.15, -0.1) is 24.5 Å². The molecule has 0 aliphatic carbocycles. The van der Waals surface area contributed by atoms with E-state index in [9.17, 15) is 18.9 Å². The van der Waals surface area contributed by atoms with Crippen LogP contribution in [-0.4, -0.2) is 87.0 Å². The van der Waals surface area contributed by atoms with Crippen LogP contribution < -0.4 is 89.9 Å². The van der Waals surface area contributed by atoms with Crippen molar-refractivity contribution in [2.45, 2.75) is 16.7 Å². The number of fused-ring (bicyclic) bond motifs is 3. The van der Waals surface area contributed by atoms with Crippen LogP contribution in [0.4, 0.5) is 34.6 Å². The van der Waals surface area contributed by atoms with E-state index in [4.69, 9.17) is 31.2 Å². The number of azo groups is 1. The molecule has 50 heavy (non-hydrogen) atoms. The molecule has 0 radical (unpaired) electrons. The first-order valence-electron chi connectivity index (χ1n) is 14.0. The smallest absolute Gasteiger partial charge is 0.691 e. The van der Waals surface area contributed by atoms with E-state index in [1.165, 1.54) is 31.4 Å². The van der Waals surface area contributed by atoms with Crippen molar-refractivity contribution >= 4 is 80.5 Å². The molecule has 0 atom stereocenters. The molecule has 3 saturated heterocycles. The Kier molecular flexibility index (Phi) is 17.3. The van der Waals surface area contributed by atoms with Crippen molar-refractivity contribution in [3.8, 4) is 5.75 Å². The molecule has 3 aliphatic rings. The summed E-state index contributed by atoms with van der Waals surface area (Å²) in [5, 5.41) is 38.8. The molecule has 2 bridgehead atoms. The van der Waals surface area contributed by atoms with Crippen molar-refractivity contribution in [3.05, 3.63) is 35.1 Å². The van der Waals surface area contributed by atoms with Gasteiger partial charge < -0.3 is 26.3 Å². The Bertz CT molecular complexity index is 1750. The van der Waals surface area contributed by atoms with Crippen LogP contribution in [0.1, 0.15) is 5.56 Å². The maximum absolute atomic E-state index is 13.0. The van der Waals surface area contributed by atoms with Gasteiger partial charge in [0.1, 0.15) is 17.1 Å². The summed E-state index contributed by atoms with van der Waals surface area (Å²) < 4.78 is 45.2. The average molecular weight is 793 g/mol. The second kappa shape index (κ2) is 19.9. The van der Waals surface area contributed by atoms with Gasteiger partial charge in [0.05, 0.1) is 66.6 Å². The number of quaternary nitrogens is 1. The van der Waals surface area contributed by atoms with Crippen LogP contribution in [0.25, 0.3) is 0 Å². The molecule has 3 N–H and O–H groups in total. The molecule has 0 saturated carbocycles. The van der Waals surface area contributed by atoms with Gasteiger partial charge in [-0.2, -0.15) is 9.32 Å². The van der Waals surface area contributed by atoms with Crippen molar-refractivity contribution in [3.63, 3.8) is 0 Å². The van der Waals surface area contributed by atoms with Crippen molar-refractivity contribution in [1.29, 1.82) is 0 Å². The molecule has 25 heteroatoms. The number of nitrogens with zero attached hydrogens (tertiary/aromatic N) is 7. The summed E-state index contributed by atoms with van der Waals surface area (Å²) in [6.45, 7) is 6.62. The van der Waals surface area contributed by atoms with Gasteiger partial charge in [-0.05, 0) is 42.3 Å². The number of ether oxygens (including phenoxy) is 1. The molecule has 4 heterocycles. The average Bonchev–Trinajstić information content (AvgIpc) is 3.07. The third-order valence-electron chi connectivity index (χ3n) is 7.70. The van der Waals surface area contributed by atoms with Crippen molar-refractivity contribution < 1.29 is 106 Å². The number of anilines is 3. The number of aromatic nitrogens is 3. The number of nitrogen functional groups attached to an aromatic ring is 1. The van der Waals surface area contributed by atoms with Gasteiger partial charge in [-0.25, -0.2) is 8.42 Å². The number of hydrogen-bond donors (Lipinski definition) is 2. The fourth-order valence-corrected chi connectivity index (χ4v) is 7.50. The van der Waals surface area contributed by atoms with Gasteiger partial charge in [-0.3, -0.25) is 23.6 Å². The Morgan fingerprint density at radius 2 is 1.70 bits per heavy atom. The van der Waals surface area contributed by atoms with Gasteiger partial charge in [0.25, 0.3) is 0 Å². The Morgan fingerprint density at radius 3 is 2.36 bits per heavy atom. The maximum Gasteiger partial charge on any atom is 1.00 e. The third kappa shape index (κ3) is 10.8. The number of piperazine rings is 3. The summed E-state index contributed by atoms with van der Waals surface area (Å²) in [7, 11) is -2.50. The quantitative estimate of drug-likeness (QED) is 0.0206. The van der Waals surface area contributed by atoms with Gasteiger partial charge in [0.2, 0.25) is 11.2 Å². The summed E-state index contributed by atoms with van der Waals surface area (Å²) in [5.41, 5.74) is 7.49. The fraction of sp³-hybridized carbons (Fsp3) is 0.400. The van der Waals surface area contributed by atoms with Crippen LogP contribution in [0.3, 0.4) is 0 Å². The Morgan fingerprint density at radius 1 is 1.02 bits per heavy atom. The number of methoxy groups -OCH3 is 1. The molecule has 3 fully saturated rings. The molecule has 0 spiro atoms. The first-order valence-corrected chi connectivity index (χ1v) is 17.4. The monoisotopic (exact) mass is 792 g/mol. The number of sulfone groups is 1. The molecule has 3 aliphatic heterocycles. The van der Waals surface area contributed by atoms with Gasteiger partial charge in [0, 0.05) is 31.4 Å². The standard InChI is InChI=1S/C25H30ClN9O10S3.2Na/c1-15-11-19(20(40-2)14-22(15)48(38,39)10-9-41-47-45-43-37)33-32-18-13-21(46-44-42-36)16(27)12-17(18)28-24-29-23(26)30-25(31-24)35-6-3-34(4-7-35)5-8-35;;/h11-14H,3-10,27H2,1-2H3,(H2-,28,29,30,31,36,37);;/q;2*+1/p-1. The number of nitrogens with one attached hydrogen (secondary N) is 1. The molecule has 3 aromatic rings. The third-order valence-corrected chi connectivity index (χ3v) is 10.7. The SMILES string of the molecule is COc1cc(S(=O)(=O)CCOSOO[O-])c(C)cc1N=Nc1cc(SOO[O-])c(N)cc1Nc1nc(Cl)nc([N+]23CCN(CC2)CC3)n1.[Na+].[Na+].